The lowest BCUT2D eigenvalue weighted by molar-refractivity contribution is 0.0587. The van der Waals surface area contributed by atoms with Crippen molar-refractivity contribution in [1.82, 2.24) is 24.3 Å². The van der Waals surface area contributed by atoms with Gasteiger partial charge in [-0.05, 0) is 12.1 Å². The third kappa shape index (κ3) is 3.81. The maximum Gasteiger partial charge on any atom is 0.292 e. The van der Waals surface area contributed by atoms with Gasteiger partial charge in [0, 0.05) is 56.7 Å². The van der Waals surface area contributed by atoms with E-state index >= 15 is 0 Å². The molecule has 7 nitrogen and oxygen atoms in total. The van der Waals surface area contributed by atoms with Gasteiger partial charge < -0.3 is 13.8 Å². The van der Waals surface area contributed by atoms with Crippen molar-refractivity contribution in [2.45, 2.75) is 6.54 Å². The number of piperazine rings is 1. The number of nitrogens with zero attached hydrogens (tertiary/aromatic N) is 5. The number of carbonyl (C=O) groups excluding carboxylic acids is 1. The van der Waals surface area contributed by atoms with Crippen LogP contribution in [0.15, 0.2) is 65.4 Å². The standard InChI is InChI=1S/C22H20ClN5O2/c23-17-6-7-21-24-18(15-28(21)13-17)14-26-8-10-27(11-9-26)22(29)20-12-19(25-30-20)16-4-2-1-3-5-16/h1-7,12-13,15H,8-11,14H2. The molecule has 1 aromatic carbocycles. The highest BCUT2D eigenvalue weighted by atomic mass is 35.5. The Bertz CT molecular complexity index is 1180. The minimum atomic E-state index is -0.119. The summed E-state index contributed by atoms with van der Waals surface area (Å²) in [6.45, 7) is 3.57. The number of pyridine rings is 1. The van der Waals surface area contributed by atoms with E-state index in [1.54, 1.807) is 6.07 Å². The van der Waals surface area contributed by atoms with Crippen molar-refractivity contribution in [3.8, 4) is 11.3 Å². The van der Waals surface area contributed by atoms with Crippen LogP contribution in [0, 0.1) is 0 Å². The Balaban J connectivity index is 1.20. The van der Waals surface area contributed by atoms with Crippen LogP contribution in [0.5, 0.6) is 0 Å². The molecule has 0 spiro atoms. The molecule has 8 heteroatoms. The van der Waals surface area contributed by atoms with Gasteiger partial charge in [0.05, 0.1) is 10.7 Å². The van der Waals surface area contributed by atoms with E-state index in [-0.39, 0.29) is 11.7 Å². The number of fused-ring (bicyclic) bond motifs is 1. The second-order valence-electron chi connectivity index (χ2n) is 7.36. The molecule has 152 valence electrons. The number of imidazole rings is 1. The third-order valence-corrected chi connectivity index (χ3v) is 5.52. The summed E-state index contributed by atoms with van der Waals surface area (Å²) in [4.78, 5) is 21.6. The summed E-state index contributed by atoms with van der Waals surface area (Å²) in [6.07, 6.45) is 3.85. The first kappa shape index (κ1) is 18.8. The van der Waals surface area contributed by atoms with Crippen molar-refractivity contribution in [3.63, 3.8) is 0 Å². The van der Waals surface area contributed by atoms with E-state index in [2.05, 4.69) is 15.0 Å². The number of benzene rings is 1. The van der Waals surface area contributed by atoms with E-state index in [0.717, 1.165) is 36.5 Å². The maximum absolute atomic E-state index is 12.8. The lowest BCUT2D eigenvalue weighted by atomic mass is 10.1. The predicted molar refractivity (Wildman–Crippen MR) is 113 cm³/mol. The Labute approximate surface area is 178 Å². The largest absolute Gasteiger partial charge is 0.350 e. The lowest BCUT2D eigenvalue weighted by Crippen LogP contribution is -2.48. The van der Waals surface area contributed by atoms with Gasteiger partial charge in [-0.15, -0.1) is 0 Å². The second kappa shape index (κ2) is 7.93. The van der Waals surface area contributed by atoms with Crippen molar-refractivity contribution in [3.05, 3.63) is 77.4 Å². The summed E-state index contributed by atoms with van der Waals surface area (Å²) < 4.78 is 7.26. The normalized spacial score (nSPS) is 15.0. The zero-order valence-electron chi connectivity index (χ0n) is 16.2. The summed E-state index contributed by atoms with van der Waals surface area (Å²) in [5.41, 5.74) is 3.46. The molecule has 1 amide bonds. The number of hydrogen-bond acceptors (Lipinski definition) is 5. The lowest BCUT2D eigenvalue weighted by Gasteiger charge is -2.33. The van der Waals surface area contributed by atoms with Gasteiger partial charge in [-0.25, -0.2) is 4.98 Å². The van der Waals surface area contributed by atoms with E-state index < -0.39 is 0 Å². The molecule has 0 N–H and O–H groups in total. The highest BCUT2D eigenvalue weighted by Crippen LogP contribution is 2.20. The number of amides is 1. The van der Waals surface area contributed by atoms with Gasteiger partial charge >= 0.3 is 0 Å². The summed E-state index contributed by atoms with van der Waals surface area (Å²) >= 11 is 6.04. The van der Waals surface area contributed by atoms with Crippen LogP contribution < -0.4 is 0 Å². The first-order valence-electron chi connectivity index (χ1n) is 9.82. The Kier molecular flexibility index (Phi) is 4.98. The second-order valence-corrected chi connectivity index (χ2v) is 7.79. The van der Waals surface area contributed by atoms with E-state index in [4.69, 9.17) is 16.1 Å². The smallest absolute Gasteiger partial charge is 0.292 e. The summed E-state index contributed by atoms with van der Waals surface area (Å²) in [7, 11) is 0. The number of halogens is 1. The van der Waals surface area contributed by atoms with Crippen molar-refractivity contribution in [1.29, 1.82) is 0 Å². The van der Waals surface area contributed by atoms with Gasteiger partial charge in [-0.2, -0.15) is 0 Å². The predicted octanol–water partition coefficient (Wildman–Crippen LogP) is 3.60. The molecule has 0 bridgehead atoms. The molecule has 5 rings (SSSR count). The number of carbonyl (C=O) groups is 1. The van der Waals surface area contributed by atoms with Crippen molar-refractivity contribution in [2.24, 2.45) is 0 Å². The number of rotatable bonds is 4. The molecule has 0 saturated carbocycles. The monoisotopic (exact) mass is 421 g/mol. The summed E-state index contributed by atoms with van der Waals surface area (Å²) in [5, 5.41) is 4.73. The van der Waals surface area contributed by atoms with Crippen LogP contribution in [0.1, 0.15) is 16.2 Å². The molecular weight excluding hydrogens is 402 g/mol. The molecule has 1 aliphatic heterocycles. The fourth-order valence-corrected chi connectivity index (χ4v) is 3.88. The van der Waals surface area contributed by atoms with Gasteiger partial charge in [0.25, 0.3) is 5.91 Å². The van der Waals surface area contributed by atoms with E-state index in [9.17, 15) is 4.79 Å². The van der Waals surface area contributed by atoms with Gasteiger partial charge in [0.1, 0.15) is 11.3 Å². The van der Waals surface area contributed by atoms with Crippen LogP contribution in [-0.2, 0) is 6.54 Å². The number of hydrogen-bond donors (Lipinski definition) is 0. The summed E-state index contributed by atoms with van der Waals surface area (Å²) in [5.74, 6) is 0.159. The zero-order chi connectivity index (χ0) is 20.5. The fourth-order valence-electron chi connectivity index (χ4n) is 3.71. The molecule has 3 aromatic heterocycles. The molecule has 0 unspecified atom stereocenters. The van der Waals surface area contributed by atoms with Crippen molar-refractivity contribution >= 4 is 23.2 Å². The maximum atomic E-state index is 12.8. The van der Waals surface area contributed by atoms with Gasteiger partial charge in [-0.1, -0.05) is 47.1 Å². The van der Waals surface area contributed by atoms with Gasteiger partial charge in [0.2, 0.25) is 5.76 Å². The Hall–Kier alpha value is -3.16. The minimum Gasteiger partial charge on any atom is -0.350 e. The van der Waals surface area contributed by atoms with Crippen molar-refractivity contribution < 1.29 is 9.32 Å². The summed E-state index contributed by atoms with van der Waals surface area (Å²) in [6, 6.07) is 15.2. The highest BCUT2D eigenvalue weighted by molar-refractivity contribution is 6.30. The zero-order valence-corrected chi connectivity index (χ0v) is 17.0. The van der Waals surface area contributed by atoms with Gasteiger partial charge in [0.15, 0.2) is 0 Å². The van der Waals surface area contributed by atoms with E-state index in [1.807, 2.05) is 64.2 Å². The number of aromatic nitrogens is 3. The Morgan fingerprint density at radius 1 is 1.03 bits per heavy atom. The van der Waals surface area contributed by atoms with Crippen LogP contribution in [-0.4, -0.2) is 56.4 Å². The molecule has 0 radical (unpaired) electrons. The van der Waals surface area contributed by atoms with Gasteiger partial charge in [-0.3, -0.25) is 9.69 Å². The molecule has 1 aliphatic rings. The molecule has 1 saturated heterocycles. The fraction of sp³-hybridized carbons (Fsp3) is 0.227. The third-order valence-electron chi connectivity index (χ3n) is 5.30. The van der Waals surface area contributed by atoms with Crippen LogP contribution >= 0.6 is 11.6 Å². The molecule has 0 aliphatic carbocycles. The van der Waals surface area contributed by atoms with Crippen LogP contribution in [0.3, 0.4) is 0 Å². The van der Waals surface area contributed by atoms with E-state index in [0.29, 0.717) is 23.8 Å². The Morgan fingerprint density at radius 2 is 1.83 bits per heavy atom. The average molecular weight is 422 g/mol. The molecule has 0 atom stereocenters. The molecule has 1 fully saturated rings. The topological polar surface area (TPSA) is 66.9 Å². The van der Waals surface area contributed by atoms with E-state index in [1.165, 1.54) is 0 Å². The van der Waals surface area contributed by atoms with Crippen LogP contribution in [0.2, 0.25) is 5.02 Å². The SMILES string of the molecule is O=C(c1cc(-c2ccccc2)no1)N1CCN(Cc2cn3cc(Cl)ccc3n2)CC1. The first-order valence-corrected chi connectivity index (χ1v) is 10.2. The van der Waals surface area contributed by atoms with Crippen molar-refractivity contribution in [2.75, 3.05) is 26.2 Å². The first-order chi connectivity index (χ1) is 14.7. The Morgan fingerprint density at radius 3 is 2.63 bits per heavy atom. The average Bonchev–Trinajstić information content (AvgIpc) is 3.41. The van der Waals surface area contributed by atoms with Crippen LogP contribution in [0.4, 0.5) is 0 Å². The highest BCUT2D eigenvalue weighted by Gasteiger charge is 2.25. The molecular formula is C22H20ClN5O2. The molecule has 4 heterocycles. The molecule has 30 heavy (non-hydrogen) atoms. The van der Waals surface area contributed by atoms with Crippen LogP contribution in [0.25, 0.3) is 16.9 Å². The minimum absolute atomic E-state index is 0.119. The quantitative estimate of drug-likeness (QED) is 0.503. The molecule has 4 aromatic rings.